The molecule has 0 saturated heterocycles. The molecule has 4 nitrogen and oxygen atoms in total. The van der Waals surface area contributed by atoms with Gasteiger partial charge in [-0.2, -0.15) is 0 Å². The summed E-state index contributed by atoms with van der Waals surface area (Å²) >= 11 is 0. The van der Waals surface area contributed by atoms with Crippen LogP contribution >= 0.6 is 0 Å². The molecule has 5 heteroatoms. The third kappa shape index (κ3) is 11.7. The third-order valence-corrected chi connectivity index (χ3v) is 5.79. The summed E-state index contributed by atoms with van der Waals surface area (Å²) in [6, 6.07) is 5.32. The van der Waals surface area contributed by atoms with Crippen molar-refractivity contribution in [3.05, 3.63) is 108 Å². The van der Waals surface area contributed by atoms with Crippen molar-refractivity contribution in [3.8, 4) is 0 Å². The Labute approximate surface area is 217 Å². The van der Waals surface area contributed by atoms with Crippen molar-refractivity contribution in [1.29, 1.82) is 0 Å². The molecular weight excluding hydrogens is 451 g/mol. The molecule has 1 aromatic rings. The lowest BCUT2D eigenvalue weighted by molar-refractivity contribution is 0.0624. The second kappa shape index (κ2) is 16.7. The van der Waals surface area contributed by atoms with E-state index in [0.717, 1.165) is 28.8 Å². The van der Waals surface area contributed by atoms with Crippen LogP contribution in [0, 0.1) is 5.82 Å². The van der Waals surface area contributed by atoms with E-state index in [2.05, 4.69) is 23.1 Å². The van der Waals surface area contributed by atoms with Gasteiger partial charge in [-0.1, -0.05) is 62.1 Å². The maximum Gasteiger partial charge on any atom is 0.153 e. The molecule has 0 radical (unpaired) electrons. The zero-order chi connectivity index (χ0) is 27.0. The Morgan fingerprint density at radius 1 is 1.25 bits per heavy atom. The average Bonchev–Trinajstić information content (AvgIpc) is 2.84. The molecule has 0 aliphatic rings. The van der Waals surface area contributed by atoms with Gasteiger partial charge in [0.15, 0.2) is 5.72 Å². The molecule has 36 heavy (non-hydrogen) atoms. The van der Waals surface area contributed by atoms with Crippen LogP contribution in [-0.2, 0) is 13.0 Å². The lowest BCUT2D eigenvalue weighted by Gasteiger charge is -2.19. The smallest absolute Gasteiger partial charge is 0.153 e. The predicted molar refractivity (Wildman–Crippen MR) is 152 cm³/mol. The van der Waals surface area contributed by atoms with Crippen LogP contribution in [-0.4, -0.2) is 46.7 Å². The fourth-order valence-electron chi connectivity index (χ4n) is 3.61. The van der Waals surface area contributed by atoms with E-state index < -0.39 is 5.72 Å². The lowest BCUT2D eigenvalue weighted by Crippen LogP contribution is -2.26. The Hall–Kier alpha value is -2.86. The Kier molecular flexibility index (Phi) is 14.5. The molecule has 0 bridgehead atoms. The second-order valence-corrected chi connectivity index (χ2v) is 8.94. The Morgan fingerprint density at radius 3 is 2.58 bits per heavy atom. The van der Waals surface area contributed by atoms with Crippen LogP contribution in [0.5, 0.6) is 0 Å². The molecule has 1 aromatic carbocycles. The van der Waals surface area contributed by atoms with Crippen LogP contribution < -0.4 is 0 Å². The quantitative estimate of drug-likeness (QED) is 0.157. The summed E-state index contributed by atoms with van der Waals surface area (Å²) in [5.41, 5.74) is 3.05. The van der Waals surface area contributed by atoms with Crippen molar-refractivity contribution < 1.29 is 14.6 Å². The van der Waals surface area contributed by atoms with Crippen LogP contribution in [0.3, 0.4) is 0 Å². The highest BCUT2D eigenvalue weighted by atomic mass is 19.1. The normalized spacial score (nSPS) is 15.2. The van der Waals surface area contributed by atoms with Gasteiger partial charge in [0.1, 0.15) is 5.82 Å². The van der Waals surface area contributed by atoms with Gasteiger partial charge >= 0.3 is 0 Å². The Bertz CT molecular complexity index is 1000. The molecule has 2 N–H and O–H groups in total. The standard InChI is InChI=1S/C31H43FN2O2/c1-7-11-13-28(9-3)25(5)21-26(16-18-33-31(6,36)17-12-8-2)22-29-15-14-27(23-30(29)32)24-34(10-4)19-20-35/h7-9,11,13-16,18,21,23,35-36H,2-3,10,12,17,19-20,22,24H2,1,4-6H3/b11-7-,25-21+,26-16+,28-13-,33-18+. The number of likely N-dealkylation sites (N-methyl/N-ethyl adjacent to an activating group) is 1. The van der Waals surface area contributed by atoms with Gasteiger partial charge in [-0.25, -0.2) is 4.39 Å². The number of rotatable bonds is 16. The highest BCUT2D eigenvalue weighted by Gasteiger charge is 2.15. The van der Waals surface area contributed by atoms with Gasteiger partial charge in [0.25, 0.3) is 0 Å². The summed E-state index contributed by atoms with van der Waals surface area (Å²) in [6.07, 6.45) is 16.3. The second-order valence-electron chi connectivity index (χ2n) is 8.94. The van der Waals surface area contributed by atoms with Crippen molar-refractivity contribution >= 4 is 6.21 Å². The van der Waals surface area contributed by atoms with Gasteiger partial charge in [0, 0.05) is 25.7 Å². The SMILES string of the molecule is C=CCCC(C)(O)/N=C/C=C(\C=C(C)\C(C=C)=C/C=C\C)Cc1ccc(CN(CC)CCO)cc1F. The summed E-state index contributed by atoms with van der Waals surface area (Å²) in [5.74, 6) is -0.271. The number of aliphatic hydroxyl groups excluding tert-OH is 1. The number of halogens is 1. The van der Waals surface area contributed by atoms with Gasteiger partial charge in [-0.15, -0.1) is 6.58 Å². The molecule has 0 spiro atoms. The van der Waals surface area contributed by atoms with Gasteiger partial charge < -0.3 is 10.2 Å². The molecule has 0 aliphatic carbocycles. The van der Waals surface area contributed by atoms with Crippen molar-refractivity contribution in [3.63, 3.8) is 0 Å². The summed E-state index contributed by atoms with van der Waals surface area (Å²) in [7, 11) is 0. The van der Waals surface area contributed by atoms with Gasteiger partial charge in [0.05, 0.1) is 6.61 Å². The molecule has 0 aromatic heterocycles. The third-order valence-electron chi connectivity index (χ3n) is 5.79. The first-order chi connectivity index (χ1) is 17.2. The fourth-order valence-corrected chi connectivity index (χ4v) is 3.61. The number of benzene rings is 1. The fraction of sp³-hybridized carbons (Fsp3) is 0.387. The predicted octanol–water partition coefficient (Wildman–Crippen LogP) is 6.49. The summed E-state index contributed by atoms with van der Waals surface area (Å²) < 4.78 is 15.1. The summed E-state index contributed by atoms with van der Waals surface area (Å²) in [5, 5.41) is 19.7. The number of aliphatic hydroxyl groups is 2. The molecule has 1 atom stereocenters. The highest BCUT2D eigenvalue weighted by molar-refractivity contribution is 5.74. The van der Waals surface area contributed by atoms with E-state index in [9.17, 15) is 10.2 Å². The molecule has 0 saturated carbocycles. The molecule has 196 valence electrons. The molecule has 0 aliphatic heterocycles. The highest BCUT2D eigenvalue weighted by Crippen LogP contribution is 2.20. The maximum absolute atomic E-state index is 15.1. The van der Waals surface area contributed by atoms with Crippen molar-refractivity contribution in [2.24, 2.45) is 4.99 Å². The Morgan fingerprint density at radius 2 is 2.00 bits per heavy atom. The van der Waals surface area contributed by atoms with E-state index in [1.807, 2.05) is 63.3 Å². The van der Waals surface area contributed by atoms with E-state index in [-0.39, 0.29) is 12.4 Å². The van der Waals surface area contributed by atoms with E-state index in [1.165, 1.54) is 0 Å². The van der Waals surface area contributed by atoms with E-state index in [0.29, 0.717) is 37.9 Å². The first-order valence-corrected chi connectivity index (χ1v) is 12.5. The number of nitrogens with zero attached hydrogens (tertiary/aromatic N) is 2. The summed E-state index contributed by atoms with van der Waals surface area (Å²) in [6.45, 7) is 17.2. The van der Waals surface area contributed by atoms with Gasteiger partial charge in [-0.05, 0) is 80.1 Å². The van der Waals surface area contributed by atoms with E-state index >= 15 is 4.39 Å². The number of hydrogen-bond donors (Lipinski definition) is 2. The molecule has 1 rings (SSSR count). The van der Waals surface area contributed by atoms with Crippen LogP contribution in [0.15, 0.2) is 95.6 Å². The van der Waals surface area contributed by atoms with Crippen LogP contribution in [0.1, 0.15) is 51.7 Å². The maximum atomic E-state index is 15.1. The van der Waals surface area contributed by atoms with Crippen molar-refractivity contribution in [2.45, 2.75) is 59.2 Å². The molecule has 1 unspecified atom stereocenters. The van der Waals surface area contributed by atoms with Crippen LogP contribution in [0.25, 0.3) is 0 Å². The zero-order valence-corrected chi connectivity index (χ0v) is 22.4. The van der Waals surface area contributed by atoms with Crippen molar-refractivity contribution in [1.82, 2.24) is 4.90 Å². The van der Waals surface area contributed by atoms with E-state index in [4.69, 9.17) is 0 Å². The van der Waals surface area contributed by atoms with E-state index in [1.54, 1.807) is 31.4 Å². The number of allylic oxidation sites excluding steroid dienone is 10. The molecule has 0 amide bonds. The van der Waals surface area contributed by atoms with Gasteiger partial charge in [0.2, 0.25) is 0 Å². The van der Waals surface area contributed by atoms with Gasteiger partial charge in [-0.3, -0.25) is 9.89 Å². The minimum Gasteiger partial charge on any atom is -0.395 e. The van der Waals surface area contributed by atoms with Crippen LogP contribution in [0.2, 0.25) is 0 Å². The first-order valence-electron chi connectivity index (χ1n) is 12.5. The monoisotopic (exact) mass is 494 g/mol. The molecule has 0 heterocycles. The molecular formula is C31H43FN2O2. The Balaban J connectivity index is 3.29. The van der Waals surface area contributed by atoms with Crippen molar-refractivity contribution in [2.75, 3.05) is 19.7 Å². The first kappa shape index (κ1) is 31.2. The minimum absolute atomic E-state index is 0.0749. The average molecular weight is 495 g/mol. The van der Waals surface area contributed by atoms with Crippen LogP contribution in [0.4, 0.5) is 4.39 Å². The topological polar surface area (TPSA) is 56.1 Å². The minimum atomic E-state index is -1.20. The molecule has 0 fully saturated rings. The lowest BCUT2D eigenvalue weighted by atomic mass is 9.98. The number of hydrogen-bond acceptors (Lipinski definition) is 4. The zero-order valence-electron chi connectivity index (χ0n) is 22.4. The largest absolute Gasteiger partial charge is 0.395 e. The number of aliphatic imine (C=N–C) groups is 1. The summed E-state index contributed by atoms with van der Waals surface area (Å²) in [4.78, 5) is 6.37.